The van der Waals surface area contributed by atoms with Crippen molar-refractivity contribution in [1.82, 2.24) is 4.72 Å². The van der Waals surface area contributed by atoms with E-state index in [9.17, 15) is 18.0 Å². The van der Waals surface area contributed by atoms with Gasteiger partial charge in [0.15, 0.2) is 0 Å². The van der Waals surface area contributed by atoms with Crippen LogP contribution in [0.15, 0.2) is 53.4 Å². The largest absolute Gasteiger partial charge is 0.459 e. The Balaban J connectivity index is 2.05. The summed E-state index contributed by atoms with van der Waals surface area (Å²) >= 11 is 0. The van der Waals surface area contributed by atoms with Crippen LogP contribution < -0.4 is 10.0 Å². The Kier molecular flexibility index (Phi) is 6.81. The molecule has 0 heterocycles. The molecule has 1 amide bonds. The molecule has 0 radical (unpaired) electrons. The Bertz CT molecular complexity index is 975. The number of rotatable bonds is 6. The number of carbonyl (C=O) groups is 2. The van der Waals surface area contributed by atoms with E-state index in [0.717, 1.165) is 5.56 Å². The van der Waals surface area contributed by atoms with Crippen LogP contribution in [0.2, 0.25) is 0 Å². The van der Waals surface area contributed by atoms with Gasteiger partial charge in [0.25, 0.3) is 5.91 Å². The molecule has 7 nitrogen and oxygen atoms in total. The van der Waals surface area contributed by atoms with Gasteiger partial charge in [-0.15, -0.1) is 0 Å². The number of benzene rings is 2. The highest BCUT2D eigenvalue weighted by atomic mass is 32.2. The quantitative estimate of drug-likeness (QED) is 0.701. The van der Waals surface area contributed by atoms with Gasteiger partial charge in [-0.2, -0.15) is 4.72 Å². The van der Waals surface area contributed by atoms with Crippen LogP contribution in [0.25, 0.3) is 0 Å². The third-order valence-corrected chi connectivity index (χ3v) is 5.39. The van der Waals surface area contributed by atoms with E-state index >= 15 is 0 Å². The molecule has 8 heteroatoms. The molecule has 0 fully saturated rings. The molecule has 0 bridgehead atoms. The van der Waals surface area contributed by atoms with E-state index in [1.165, 1.54) is 31.2 Å². The third kappa shape index (κ3) is 6.69. The normalized spacial score (nSPS) is 12.9. The SMILES string of the molecule is Cc1ccc(C(=O)Nc2ccc(S(=O)(=O)N[C@H](C)C(=O)OC(C)(C)C)cc2)cc1. The van der Waals surface area contributed by atoms with E-state index in [0.29, 0.717) is 11.3 Å². The van der Waals surface area contributed by atoms with Crippen molar-refractivity contribution in [2.75, 3.05) is 5.32 Å². The lowest BCUT2D eigenvalue weighted by molar-refractivity contribution is -0.156. The standard InChI is InChI=1S/C21H26N2O5S/c1-14-6-8-16(9-7-14)19(24)22-17-10-12-18(13-11-17)29(26,27)23-15(2)20(25)28-21(3,4)5/h6-13,15,23H,1-5H3,(H,22,24)/t15-/m1/s1. The molecule has 0 unspecified atom stereocenters. The van der Waals surface area contributed by atoms with Gasteiger partial charge in [0.1, 0.15) is 11.6 Å². The van der Waals surface area contributed by atoms with Gasteiger partial charge in [-0.3, -0.25) is 9.59 Å². The second-order valence-corrected chi connectivity index (χ2v) is 9.43. The molecular formula is C21H26N2O5S. The zero-order valence-electron chi connectivity index (χ0n) is 17.1. The molecule has 0 aromatic heterocycles. The minimum absolute atomic E-state index is 0.0266. The van der Waals surface area contributed by atoms with Crippen LogP contribution >= 0.6 is 0 Å². The lowest BCUT2D eigenvalue weighted by atomic mass is 10.1. The predicted molar refractivity (Wildman–Crippen MR) is 111 cm³/mol. The molecule has 0 aliphatic heterocycles. The second kappa shape index (κ2) is 8.75. The van der Waals surface area contributed by atoms with E-state index in [1.807, 2.05) is 19.1 Å². The summed E-state index contributed by atoms with van der Waals surface area (Å²) in [6.45, 7) is 8.46. The van der Waals surface area contributed by atoms with Crippen molar-refractivity contribution in [2.45, 2.75) is 51.2 Å². The van der Waals surface area contributed by atoms with Crippen LogP contribution in [0.4, 0.5) is 5.69 Å². The van der Waals surface area contributed by atoms with E-state index in [2.05, 4.69) is 10.0 Å². The van der Waals surface area contributed by atoms with Gasteiger partial charge in [0.2, 0.25) is 10.0 Å². The molecule has 2 aromatic rings. The molecule has 2 N–H and O–H groups in total. The Hall–Kier alpha value is -2.71. The maximum Gasteiger partial charge on any atom is 0.324 e. The van der Waals surface area contributed by atoms with Gasteiger partial charge in [-0.1, -0.05) is 17.7 Å². The topological polar surface area (TPSA) is 102 Å². The number of hydrogen-bond donors (Lipinski definition) is 2. The highest BCUT2D eigenvalue weighted by molar-refractivity contribution is 7.89. The molecule has 0 spiro atoms. The van der Waals surface area contributed by atoms with Crippen LogP contribution in [0, 0.1) is 6.92 Å². The monoisotopic (exact) mass is 418 g/mol. The smallest absolute Gasteiger partial charge is 0.324 e. The Labute approximate surface area is 171 Å². The third-order valence-electron chi connectivity index (χ3n) is 3.83. The first-order valence-corrected chi connectivity index (χ1v) is 10.6. The van der Waals surface area contributed by atoms with Crippen LogP contribution in [0.5, 0.6) is 0 Å². The number of aryl methyl sites for hydroxylation is 1. The molecule has 0 aliphatic carbocycles. The highest BCUT2D eigenvalue weighted by Crippen LogP contribution is 2.16. The summed E-state index contributed by atoms with van der Waals surface area (Å²) in [5.74, 6) is -0.958. The molecule has 2 aromatic carbocycles. The van der Waals surface area contributed by atoms with E-state index < -0.39 is 27.6 Å². The Morgan fingerprint density at radius 2 is 1.52 bits per heavy atom. The molecule has 0 saturated carbocycles. The molecular weight excluding hydrogens is 392 g/mol. The maximum atomic E-state index is 12.5. The predicted octanol–water partition coefficient (Wildman–Crippen LogP) is 3.26. The van der Waals surface area contributed by atoms with E-state index in [1.54, 1.807) is 32.9 Å². The summed E-state index contributed by atoms with van der Waals surface area (Å²) in [7, 11) is -3.93. The summed E-state index contributed by atoms with van der Waals surface area (Å²) in [5, 5.41) is 2.71. The number of nitrogens with one attached hydrogen (secondary N) is 2. The van der Waals surface area contributed by atoms with Gasteiger partial charge in [-0.25, -0.2) is 8.42 Å². The number of ether oxygens (including phenoxy) is 1. The number of anilines is 1. The number of hydrogen-bond acceptors (Lipinski definition) is 5. The zero-order valence-corrected chi connectivity index (χ0v) is 18.0. The first-order valence-electron chi connectivity index (χ1n) is 9.11. The minimum atomic E-state index is -3.93. The zero-order chi connectivity index (χ0) is 21.8. The highest BCUT2D eigenvalue weighted by Gasteiger charge is 2.26. The fraction of sp³-hybridized carbons (Fsp3) is 0.333. The lowest BCUT2D eigenvalue weighted by Crippen LogP contribution is -2.42. The Morgan fingerprint density at radius 1 is 0.966 bits per heavy atom. The van der Waals surface area contributed by atoms with Crippen molar-refractivity contribution >= 4 is 27.6 Å². The first-order chi connectivity index (χ1) is 13.4. The fourth-order valence-electron chi connectivity index (χ4n) is 2.36. The van der Waals surface area contributed by atoms with Crippen molar-refractivity contribution in [2.24, 2.45) is 0 Å². The van der Waals surface area contributed by atoms with Gasteiger partial charge >= 0.3 is 5.97 Å². The molecule has 29 heavy (non-hydrogen) atoms. The van der Waals surface area contributed by atoms with Crippen molar-refractivity contribution in [3.8, 4) is 0 Å². The molecule has 0 saturated heterocycles. The van der Waals surface area contributed by atoms with Crippen molar-refractivity contribution in [3.63, 3.8) is 0 Å². The average Bonchev–Trinajstić information content (AvgIpc) is 2.61. The number of amides is 1. The number of esters is 1. The van der Waals surface area contributed by atoms with Gasteiger partial charge in [-0.05, 0) is 71.0 Å². The summed E-state index contributed by atoms with van der Waals surface area (Å²) in [4.78, 5) is 24.2. The fourth-order valence-corrected chi connectivity index (χ4v) is 3.56. The van der Waals surface area contributed by atoms with E-state index in [-0.39, 0.29) is 10.8 Å². The molecule has 0 aliphatic rings. The van der Waals surface area contributed by atoms with Gasteiger partial charge < -0.3 is 10.1 Å². The maximum absolute atomic E-state index is 12.5. The summed E-state index contributed by atoms with van der Waals surface area (Å²) < 4.78 is 32.5. The first kappa shape index (κ1) is 22.6. The van der Waals surface area contributed by atoms with Crippen molar-refractivity contribution < 1.29 is 22.7 Å². The van der Waals surface area contributed by atoms with Crippen molar-refractivity contribution in [3.05, 3.63) is 59.7 Å². The molecule has 2 rings (SSSR count). The average molecular weight is 419 g/mol. The van der Waals surface area contributed by atoms with Crippen LogP contribution in [-0.4, -0.2) is 31.9 Å². The van der Waals surface area contributed by atoms with Gasteiger partial charge in [0, 0.05) is 11.3 Å². The Morgan fingerprint density at radius 3 is 2.03 bits per heavy atom. The summed E-state index contributed by atoms with van der Waals surface area (Å²) in [5.41, 5.74) is 1.28. The lowest BCUT2D eigenvalue weighted by Gasteiger charge is -2.22. The minimum Gasteiger partial charge on any atom is -0.459 e. The summed E-state index contributed by atoms with van der Waals surface area (Å²) in [6, 6.07) is 11.7. The number of carbonyl (C=O) groups excluding carboxylic acids is 2. The number of sulfonamides is 1. The second-order valence-electron chi connectivity index (χ2n) is 7.72. The van der Waals surface area contributed by atoms with Crippen LogP contribution in [-0.2, 0) is 19.6 Å². The van der Waals surface area contributed by atoms with Crippen LogP contribution in [0.3, 0.4) is 0 Å². The molecule has 1 atom stereocenters. The van der Waals surface area contributed by atoms with E-state index in [4.69, 9.17) is 4.74 Å². The molecule has 156 valence electrons. The van der Waals surface area contributed by atoms with Crippen molar-refractivity contribution in [1.29, 1.82) is 0 Å². The van der Waals surface area contributed by atoms with Crippen LogP contribution in [0.1, 0.15) is 43.6 Å². The summed E-state index contributed by atoms with van der Waals surface area (Å²) in [6.07, 6.45) is 0. The van der Waals surface area contributed by atoms with Gasteiger partial charge in [0.05, 0.1) is 4.90 Å².